The molecule has 2 atom stereocenters. The lowest BCUT2D eigenvalue weighted by Gasteiger charge is -2.08. The van der Waals surface area contributed by atoms with Crippen LogP contribution < -0.4 is 10.6 Å². The maximum atomic E-state index is 12.0. The molecule has 0 spiro atoms. The number of esters is 2. The summed E-state index contributed by atoms with van der Waals surface area (Å²) in [7, 11) is 3.94. The van der Waals surface area contributed by atoms with Crippen molar-refractivity contribution in [2.24, 2.45) is 0 Å². The van der Waals surface area contributed by atoms with E-state index in [1.807, 2.05) is 21.6 Å². The predicted molar refractivity (Wildman–Crippen MR) is 173 cm³/mol. The van der Waals surface area contributed by atoms with Crippen LogP contribution in [0.5, 0.6) is 0 Å². The van der Waals surface area contributed by atoms with Gasteiger partial charge in [-0.1, -0.05) is 85.8 Å². The van der Waals surface area contributed by atoms with Crippen LogP contribution >= 0.6 is 21.6 Å². The summed E-state index contributed by atoms with van der Waals surface area (Å²) in [5.41, 5.74) is 0. The molecular weight excluding hydrogens is 604 g/mol. The van der Waals surface area contributed by atoms with E-state index in [1.54, 1.807) is 0 Å². The maximum absolute atomic E-state index is 12.0. The summed E-state index contributed by atoms with van der Waals surface area (Å²) >= 11 is 0. The number of cyclic esters (lactones) is 2. The Morgan fingerprint density at radius 2 is 0.886 bits per heavy atom. The average molecular weight is 657 g/mol. The second kappa shape index (κ2) is 24.2. The topological polar surface area (TPSA) is 145 Å². The summed E-state index contributed by atoms with van der Waals surface area (Å²) in [6.07, 6.45) is 17.1. The normalized spacial score (nSPS) is 17.7. The Balaban J connectivity index is 1.24. The Kier molecular flexibility index (Phi) is 20.9. The summed E-state index contributed by atoms with van der Waals surface area (Å²) in [4.78, 5) is 70.4. The lowest BCUT2D eigenvalue weighted by Crippen LogP contribution is -2.38. The van der Waals surface area contributed by atoms with E-state index in [1.165, 1.54) is 62.9 Å². The van der Waals surface area contributed by atoms with Crippen molar-refractivity contribution in [2.75, 3.05) is 24.7 Å². The lowest BCUT2D eigenvalue weighted by atomic mass is 10.1. The van der Waals surface area contributed by atoms with Crippen LogP contribution in [-0.2, 0) is 38.2 Å². The fourth-order valence-electron chi connectivity index (χ4n) is 5.13. The number of hydrogen-bond donors (Lipinski definition) is 2. The zero-order valence-electron chi connectivity index (χ0n) is 26.2. The molecule has 2 rings (SSSR count). The Hall–Kier alpha value is -2.08. The molecular formula is C32H52N2O8S2. The molecule has 0 radical (unpaired) electrons. The van der Waals surface area contributed by atoms with Gasteiger partial charge in [-0.3, -0.25) is 19.2 Å². The summed E-state index contributed by atoms with van der Waals surface area (Å²) < 4.78 is 9.61. The molecule has 0 aromatic rings. The van der Waals surface area contributed by atoms with Gasteiger partial charge in [0, 0.05) is 37.2 Å². The van der Waals surface area contributed by atoms with Gasteiger partial charge in [0.1, 0.15) is 23.7 Å². The SMILES string of the molecule is O=C(CCCCCCCCCSSCCCCCCCCCC(=O)CC(=O)NC1CCOC1=O)CC(=O)NC1CCOC1=O. The highest BCUT2D eigenvalue weighted by Gasteiger charge is 2.29. The highest BCUT2D eigenvalue weighted by molar-refractivity contribution is 8.76. The van der Waals surface area contributed by atoms with Gasteiger partial charge >= 0.3 is 11.9 Å². The van der Waals surface area contributed by atoms with Gasteiger partial charge in [0.15, 0.2) is 0 Å². The number of nitrogens with one attached hydrogen (secondary N) is 2. The van der Waals surface area contributed by atoms with E-state index < -0.39 is 24.0 Å². The van der Waals surface area contributed by atoms with Crippen molar-refractivity contribution < 1.29 is 38.2 Å². The van der Waals surface area contributed by atoms with Gasteiger partial charge in [0.05, 0.1) is 26.1 Å². The molecule has 2 fully saturated rings. The number of carbonyl (C=O) groups is 6. The first-order valence-electron chi connectivity index (χ1n) is 16.5. The number of Topliss-reactive ketones (excluding diaryl/α,β-unsaturated/α-hetero) is 2. The highest BCUT2D eigenvalue weighted by Crippen LogP contribution is 2.25. The Bertz CT molecular complexity index is 845. The molecule has 12 heteroatoms. The molecule has 10 nitrogen and oxygen atoms in total. The van der Waals surface area contributed by atoms with Crippen LogP contribution in [0.25, 0.3) is 0 Å². The molecule has 0 saturated carbocycles. The molecule has 2 aliphatic rings. The Morgan fingerprint density at radius 1 is 0.545 bits per heavy atom. The number of rotatable bonds is 27. The van der Waals surface area contributed by atoms with Crippen LogP contribution in [0.4, 0.5) is 0 Å². The van der Waals surface area contributed by atoms with Crippen LogP contribution in [0, 0.1) is 0 Å². The third-order valence-electron chi connectivity index (χ3n) is 7.71. The molecule has 0 aromatic carbocycles. The van der Waals surface area contributed by atoms with Gasteiger partial charge in [-0.25, -0.2) is 9.59 Å². The van der Waals surface area contributed by atoms with Crippen molar-refractivity contribution in [3.63, 3.8) is 0 Å². The molecule has 2 N–H and O–H groups in total. The minimum absolute atomic E-state index is 0.0685. The first-order chi connectivity index (χ1) is 21.3. The quantitative estimate of drug-likeness (QED) is 0.0511. The summed E-state index contributed by atoms with van der Waals surface area (Å²) in [5.74, 6) is 0.635. The molecule has 2 unspecified atom stereocenters. The standard InChI is InChI=1S/C32H52N2O8S2/c35-25(23-29(37)33-27-17-19-41-31(27)39)15-11-7-3-1-5-9-13-21-43-44-22-14-10-6-2-4-8-12-16-26(36)24-30(38)34-28-18-20-42-32(28)40/h27-28H,1-24H2,(H,33,37)(H,34,38). The third kappa shape index (κ3) is 18.7. The smallest absolute Gasteiger partial charge is 0.328 e. The fraction of sp³-hybridized carbons (Fsp3) is 0.812. The molecule has 2 saturated heterocycles. The maximum Gasteiger partial charge on any atom is 0.328 e. The zero-order chi connectivity index (χ0) is 31.8. The van der Waals surface area contributed by atoms with Crippen molar-refractivity contribution in [1.82, 2.24) is 10.6 Å². The number of hydrogen-bond acceptors (Lipinski definition) is 10. The van der Waals surface area contributed by atoms with Crippen LogP contribution in [0.1, 0.15) is 128 Å². The number of ketones is 2. The van der Waals surface area contributed by atoms with Gasteiger partial charge in [0.2, 0.25) is 11.8 Å². The van der Waals surface area contributed by atoms with Crippen LogP contribution in [0.2, 0.25) is 0 Å². The second-order valence-electron chi connectivity index (χ2n) is 11.7. The number of amides is 2. The van der Waals surface area contributed by atoms with Gasteiger partial charge in [-0.05, 0) is 25.7 Å². The van der Waals surface area contributed by atoms with Gasteiger partial charge in [-0.2, -0.15) is 0 Å². The molecule has 0 bridgehead atoms. The van der Waals surface area contributed by atoms with Crippen molar-refractivity contribution in [3.05, 3.63) is 0 Å². The number of carbonyl (C=O) groups excluding carboxylic acids is 6. The van der Waals surface area contributed by atoms with Crippen molar-refractivity contribution in [3.8, 4) is 0 Å². The fourth-order valence-corrected chi connectivity index (χ4v) is 7.43. The summed E-state index contributed by atoms with van der Waals surface area (Å²) in [5, 5.41) is 5.15. The number of ether oxygens (including phenoxy) is 2. The van der Waals surface area contributed by atoms with Crippen molar-refractivity contribution in [1.29, 1.82) is 0 Å². The minimum atomic E-state index is -0.596. The molecule has 2 aliphatic heterocycles. The van der Waals surface area contributed by atoms with Crippen molar-refractivity contribution >= 4 is 56.9 Å². The van der Waals surface area contributed by atoms with Crippen molar-refractivity contribution in [2.45, 2.75) is 141 Å². The molecule has 0 aliphatic carbocycles. The van der Waals surface area contributed by atoms with E-state index in [4.69, 9.17) is 9.47 Å². The Morgan fingerprint density at radius 3 is 1.23 bits per heavy atom. The minimum Gasteiger partial charge on any atom is -0.464 e. The highest BCUT2D eigenvalue weighted by atomic mass is 33.1. The van der Waals surface area contributed by atoms with Crippen LogP contribution in [0.15, 0.2) is 0 Å². The molecule has 0 aromatic heterocycles. The molecule has 2 amide bonds. The average Bonchev–Trinajstić information content (AvgIpc) is 3.58. The van der Waals surface area contributed by atoms with E-state index in [-0.39, 0.29) is 36.2 Å². The molecule has 2 heterocycles. The van der Waals surface area contributed by atoms with E-state index >= 15 is 0 Å². The number of unbranched alkanes of at least 4 members (excludes halogenated alkanes) is 12. The monoisotopic (exact) mass is 656 g/mol. The zero-order valence-corrected chi connectivity index (χ0v) is 27.8. The van der Waals surface area contributed by atoms with Crippen LogP contribution in [0.3, 0.4) is 0 Å². The summed E-state index contributed by atoms with van der Waals surface area (Å²) in [6, 6.07) is -1.19. The first-order valence-corrected chi connectivity index (χ1v) is 19.0. The molecule has 44 heavy (non-hydrogen) atoms. The Labute approximate surface area is 270 Å². The first kappa shape index (κ1) is 38.1. The van der Waals surface area contributed by atoms with E-state index in [9.17, 15) is 28.8 Å². The second-order valence-corrected chi connectivity index (χ2v) is 14.4. The van der Waals surface area contributed by atoms with E-state index in [2.05, 4.69) is 10.6 Å². The third-order valence-corrected chi connectivity index (χ3v) is 10.3. The van der Waals surface area contributed by atoms with Gasteiger partial charge in [0.25, 0.3) is 0 Å². The van der Waals surface area contributed by atoms with Crippen LogP contribution in [-0.4, -0.2) is 72.1 Å². The lowest BCUT2D eigenvalue weighted by molar-refractivity contribution is -0.142. The summed E-state index contributed by atoms with van der Waals surface area (Å²) in [6.45, 7) is 0.645. The molecule has 250 valence electrons. The van der Waals surface area contributed by atoms with E-state index in [0.29, 0.717) is 38.9 Å². The van der Waals surface area contributed by atoms with Gasteiger partial charge in [-0.15, -0.1) is 0 Å². The predicted octanol–water partition coefficient (Wildman–Crippen LogP) is 5.39. The van der Waals surface area contributed by atoms with E-state index in [0.717, 1.165) is 38.5 Å². The van der Waals surface area contributed by atoms with Gasteiger partial charge < -0.3 is 20.1 Å². The largest absolute Gasteiger partial charge is 0.464 e.